The Bertz CT molecular complexity index is 399. The Morgan fingerprint density at radius 2 is 2.06 bits per heavy atom. The summed E-state index contributed by atoms with van der Waals surface area (Å²) in [6.45, 7) is 2.92. The molecular formula is C13H21N3O2. The van der Waals surface area contributed by atoms with Crippen molar-refractivity contribution in [1.82, 2.24) is 15.5 Å². The second kappa shape index (κ2) is 4.97. The average Bonchev–Trinajstić information content (AvgIpc) is 2.98. The Labute approximate surface area is 107 Å². The molecule has 0 bridgehead atoms. The summed E-state index contributed by atoms with van der Waals surface area (Å²) in [6.07, 6.45) is 5.23. The Morgan fingerprint density at radius 1 is 1.28 bits per heavy atom. The highest BCUT2D eigenvalue weighted by molar-refractivity contribution is 5.02. The molecule has 1 aliphatic heterocycles. The van der Waals surface area contributed by atoms with Gasteiger partial charge in [-0.15, -0.1) is 0 Å². The first kappa shape index (κ1) is 12.1. The molecule has 5 heteroatoms. The molecule has 2 heterocycles. The van der Waals surface area contributed by atoms with Crippen LogP contribution in [0.4, 0.5) is 0 Å². The van der Waals surface area contributed by atoms with Crippen molar-refractivity contribution in [3.05, 3.63) is 11.7 Å². The molecule has 0 amide bonds. The second-order valence-electron chi connectivity index (χ2n) is 5.80. The van der Waals surface area contributed by atoms with E-state index in [-0.39, 0.29) is 12.1 Å². The van der Waals surface area contributed by atoms with Crippen LogP contribution in [0.15, 0.2) is 4.52 Å². The van der Waals surface area contributed by atoms with E-state index in [9.17, 15) is 5.11 Å². The molecule has 2 aliphatic rings. The SMILES string of the molecule is CC1CCC(c2noc([C@H]3C[C@@H](O)CN3)n2)CC1. The number of hydrogen-bond acceptors (Lipinski definition) is 5. The largest absolute Gasteiger partial charge is 0.392 e. The molecule has 100 valence electrons. The zero-order valence-corrected chi connectivity index (χ0v) is 10.8. The van der Waals surface area contributed by atoms with Gasteiger partial charge in [-0.05, 0) is 25.2 Å². The van der Waals surface area contributed by atoms with Gasteiger partial charge in [0, 0.05) is 12.5 Å². The minimum absolute atomic E-state index is 0.0313. The predicted octanol–water partition coefficient (Wildman–Crippen LogP) is 1.76. The molecule has 5 nitrogen and oxygen atoms in total. The minimum Gasteiger partial charge on any atom is -0.392 e. The van der Waals surface area contributed by atoms with Crippen molar-refractivity contribution in [2.24, 2.45) is 5.92 Å². The van der Waals surface area contributed by atoms with Gasteiger partial charge in [0.25, 0.3) is 0 Å². The number of aromatic nitrogens is 2. The molecule has 18 heavy (non-hydrogen) atoms. The second-order valence-corrected chi connectivity index (χ2v) is 5.80. The highest BCUT2D eigenvalue weighted by atomic mass is 16.5. The van der Waals surface area contributed by atoms with Crippen LogP contribution in [0.3, 0.4) is 0 Å². The zero-order chi connectivity index (χ0) is 12.5. The molecule has 3 rings (SSSR count). The molecule has 0 unspecified atom stereocenters. The maximum Gasteiger partial charge on any atom is 0.243 e. The van der Waals surface area contributed by atoms with Gasteiger partial charge in [0.2, 0.25) is 5.89 Å². The summed E-state index contributed by atoms with van der Waals surface area (Å²) in [5.74, 6) is 2.80. The van der Waals surface area contributed by atoms with E-state index < -0.39 is 0 Å². The summed E-state index contributed by atoms with van der Waals surface area (Å²) >= 11 is 0. The number of β-amino-alcohol motifs (C(OH)–C–C–N with tert-alkyl or cyclic N) is 1. The standard InChI is InChI=1S/C13H21N3O2/c1-8-2-4-9(5-3-8)12-15-13(18-16-12)11-6-10(17)7-14-11/h8-11,14,17H,2-7H2,1H3/t8?,9?,10-,11-/m1/s1. The number of aliphatic hydroxyl groups excluding tert-OH is 1. The fourth-order valence-corrected chi connectivity index (χ4v) is 2.98. The van der Waals surface area contributed by atoms with Gasteiger partial charge in [-0.2, -0.15) is 4.98 Å². The molecule has 2 N–H and O–H groups in total. The summed E-state index contributed by atoms with van der Waals surface area (Å²) in [5.41, 5.74) is 0. The van der Waals surface area contributed by atoms with E-state index in [4.69, 9.17) is 4.52 Å². The van der Waals surface area contributed by atoms with E-state index in [0.29, 0.717) is 24.8 Å². The third-order valence-corrected chi connectivity index (χ3v) is 4.24. The number of aliphatic hydroxyl groups is 1. The van der Waals surface area contributed by atoms with E-state index >= 15 is 0 Å². The van der Waals surface area contributed by atoms with Crippen LogP contribution in [0.2, 0.25) is 0 Å². The van der Waals surface area contributed by atoms with Crippen molar-refractivity contribution < 1.29 is 9.63 Å². The fourth-order valence-electron chi connectivity index (χ4n) is 2.98. The van der Waals surface area contributed by atoms with E-state index in [1.54, 1.807) is 0 Å². The van der Waals surface area contributed by atoms with Crippen molar-refractivity contribution in [3.63, 3.8) is 0 Å². The van der Waals surface area contributed by atoms with Gasteiger partial charge in [-0.1, -0.05) is 24.9 Å². The lowest BCUT2D eigenvalue weighted by atomic mass is 9.83. The van der Waals surface area contributed by atoms with Crippen LogP contribution in [0, 0.1) is 5.92 Å². The van der Waals surface area contributed by atoms with Crippen molar-refractivity contribution in [3.8, 4) is 0 Å². The van der Waals surface area contributed by atoms with E-state index in [1.807, 2.05) is 0 Å². The maximum absolute atomic E-state index is 9.49. The van der Waals surface area contributed by atoms with Gasteiger partial charge >= 0.3 is 0 Å². The quantitative estimate of drug-likeness (QED) is 0.838. The number of hydrogen-bond donors (Lipinski definition) is 2. The van der Waals surface area contributed by atoms with Crippen molar-refractivity contribution >= 4 is 0 Å². The maximum atomic E-state index is 9.49. The third kappa shape index (κ3) is 2.42. The molecule has 2 atom stereocenters. The lowest BCUT2D eigenvalue weighted by molar-refractivity contribution is 0.191. The zero-order valence-electron chi connectivity index (χ0n) is 10.8. The van der Waals surface area contributed by atoms with Crippen LogP contribution in [-0.4, -0.2) is 27.9 Å². The van der Waals surface area contributed by atoms with Gasteiger partial charge in [0.1, 0.15) is 0 Å². The Balaban J connectivity index is 1.66. The van der Waals surface area contributed by atoms with Crippen LogP contribution in [0.1, 0.15) is 62.7 Å². The van der Waals surface area contributed by atoms with E-state index in [0.717, 1.165) is 11.7 Å². The van der Waals surface area contributed by atoms with E-state index in [2.05, 4.69) is 22.4 Å². The first-order valence-corrected chi connectivity index (χ1v) is 6.97. The summed E-state index contributed by atoms with van der Waals surface area (Å²) in [6, 6.07) is 0.0313. The number of nitrogens with one attached hydrogen (secondary N) is 1. The first-order valence-electron chi connectivity index (χ1n) is 6.97. The van der Waals surface area contributed by atoms with E-state index in [1.165, 1.54) is 25.7 Å². The van der Waals surface area contributed by atoms with Gasteiger partial charge in [-0.3, -0.25) is 0 Å². The van der Waals surface area contributed by atoms with Crippen LogP contribution in [0.25, 0.3) is 0 Å². The fraction of sp³-hybridized carbons (Fsp3) is 0.846. The molecule has 0 radical (unpaired) electrons. The summed E-state index contributed by atoms with van der Waals surface area (Å²) in [4.78, 5) is 4.52. The number of rotatable bonds is 2. The molecule has 1 aliphatic carbocycles. The van der Waals surface area contributed by atoms with Gasteiger partial charge in [0.05, 0.1) is 12.1 Å². The normalized spacial score (nSPS) is 37.0. The molecule has 2 fully saturated rings. The van der Waals surface area contributed by atoms with Gasteiger partial charge in [-0.25, -0.2) is 0 Å². The van der Waals surface area contributed by atoms with Gasteiger partial charge in [0.15, 0.2) is 5.82 Å². The van der Waals surface area contributed by atoms with Crippen molar-refractivity contribution in [2.75, 3.05) is 6.54 Å². The predicted molar refractivity (Wildman–Crippen MR) is 66.0 cm³/mol. The highest BCUT2D eigenvalue weighted by Crippen LogP contribution is 2.34. The number of nitrogens with zero attached hydrogens (tertiary/aromatic N) is 2. The average molecular weight is 251 g/mol. The first-order chi connectivity index (χ1) is 8.72. The minimum atomic E-state index is -0.291. The van der Waals surface area contributed by atoms with Crippen LogP contribution >= 0.6 is 0 Å². The van der Waals surface area contributed by atoms with Gasteiger partial charge < -0.3 is 14.9 Å². The lowest BCUT2D eigenvalue weighted by Gasteiger charge is -2.23. The molecule has 1 saturated carbocycles. The summed E-state index contributed by atoms with van der Waals surface area (Å²) < 4.78 is 5.34. The molecule has 1 saturated heterocycles. The Morgan fingerprint density at radius 3 is 2.72 bits per heavy atom. The van der Waals surface area contributed by atoms with Crippen LogP contribution < -0.4 is 5.32 Å². The molecule has 0 aromatic carbocycles. The lowest BCUT2D eigenvalue weighted by Crippen LogP contribution is -2.15. The molecular weight excluding hydrogens is 230 g/mol. The smallest absolute Gasteiger partial charge is 0.243 e. The third-order valence-electron chi connectivity index (χ3n) is 4.24. The molecule has 1 aromatic rings. The highest BCUT2D eigenvalue weighted by Gasteiger charge is 2.30. The Hall–Kier alpha value is -0.940. The topological polar surface area (TPSA) is 71.2 Å². The van der Waals surface area contributed by atoms with Crippen LogP contribution in [-0.2, 0) is 0 Å². The Kier molecular flexibility index (Phi) is 3.35. The van der Waals surface area contributed by atoms with Crippen LogP contribution in [0.5, 0.6) is 0 Å². The van der Waals surface area contributed by atoms with Crippen molar-refractivity contribution in [2.45, 2.75) is 57.1 Å². The van der Waals surface area contributed by atoms with Crippen molar-refractivity contribution in [1.29, 1.82) is 0 Å². The summed E-state index contributed by atoms with van der Waals surface area (Å²) in [7, 11) is 0. The molecule has 1 aromatic heterocycles. The summed E-state index contributed by atoms with van der Waals surface area (Å²) in [5, 5.41) is 16.8. The molecule has 0 spiro atoms. The monoisotopic (exact) mass is 251 g/mol.